The predicted molar refractivity (Wildman–Crippen MR) is 150 cm³/mol. The third kappa shape index (κ3) is 5.75. The van der Waals surface area contributed by atoms with Crippen molar-refractivity contribution in [2.24, 2.45) is 5.92 Å². The molecule has 0 spiro atoms. The zero-order valence-corrected chi connectivity index (χ0v) is 23.3. The van der Waals surface area contributed by atoms with Crippen LogP contribution in [-0.4, -0.2) is 72.2 Å². The SMILES string of the molecule is COC12CCC(N(C)C(=O)/C=C/c3cccc(O)c3)CC1(c1cccc(OC(C)=O)c1)CCN(CC1CC1)C2. The molecule has 1 amide bonds. The number of nitrogens with zero attached hydrogens (tertiary/aromatic N) is 2. The quantitative estimate of drug-likeness (QED) is 0.300. The molecule has 2 aromatic carbocycles. The van der Waals surface area contributed by atoms with Gasteiger partial charge in [-0.15, -0.1) is 0 Å². The summed E-state index contributed by atoms with van der Waals surface area (Å²) >= 11 is 0. The molecule has 0 aromatic heterocycles. The number of phenolic OH excluding ortho intramolecular Hbond substituents is 1. The molecule has 7 heteroatoms. The number of carbonyl (C=O) groups excluding carboxylic acids is 2. The fourth-order valence-electron chi connectivity index (χ4n) is 6.83. The Morgan fingerprint density at radius 1 is 1.13 bits per heavy atom. The topological polar surface area (TPSA) is 79.3 Å². The van der Waals surface area contributed by atoms with Gasteiger partial charge in [-0.1, -0.05) is 24.3 Å². The summed E-state index contributed by atoms with van der Waals surface area (Å²) in [5.41, 5.74) is 1.16. The molecule has 5 rings (SSSR count). The first-order valence-corrected chi connectivity index (χ1v) is 14.0. The number of likely N-dealkylation sites (N-methyl/N-ethyl adjacent to an activating group) is 1. The number of benzene rings is 2. The van der Waals surface area contributed by atoms with Crippen molar-refractivity contribution in [2.45, 2.75) is 62.5 Å². The van der Waals surface area contributed by atoms with Gasteiger partial charge in [0.05, 0.1) is 5.60 Å². The zero-order chi connectivity index (χ0) is 27.6. The van der Waals surface area contributed by atoms with Crippen molar-refractivity contribution in [2.75, 3.05) is 33.8 Å². The summed E-state index contributed by atoms with van der Waals surface area (Å²) in [5, 5.41) is 9.75. The molecular formula is C32H40N2O5. The van der Waals surface area contributed by atoms with Crippen LogP contribution in [-0.2, 0) is 19.7 Å². The number of amides is 1. The lowest BCUT2D eigenvalue weighted by Gasteiger charge is -2.60. The van der Waals surface area contributed by atoms with Crippen LogP contribution in [0.15, 0.2) is 54.6 Å². The second-order valence-electron chi connectivity index (χ2n) is 11.6. The number of carbonyl (C=O) groups is 2. The Bertz CT molecular complexity index is 1240. The first-order valence-electron chi connectivity index (χ1n) is 14.0. The predicted octanol–water partition coefficient (Wildman–Crippen LogP) is 4.78. The number of fused-ring (bicyclic) bond motifs is 1. The maximum Gasteiger partial charge on any atom is 0.308 e. The van der Waals surface area contributed by atoms with E-state index < -0.39 is 5.60 Å². The average Bonchev–Trinajstić information content (AvgIpc) is 3.74. The molecule has 3 fully saturated rings. The van der Waals surface area contributed by atoms with Crippen LogP contribution in [0.5, 0.6) is 11.5 Å². The third-order valence-corrected chi connectivity index (χ3v) is 9.11. The standard InChI is InChI=1S/C32H40N2O5/c1-23(35)39-29-9-5-7-26(19-29)31-16-17-34(21-25-10-11-25)22-32(31,38-3)15-14-27(20-31)33(2)30(37)13-12-24-6-4-8-28(36)18-24/h4-9,12-13,18-19,25,27,36H,10-11,14-17,20-22H2,1-3H3/b13-12+. The average molecular weight is 533 g/mol. The molecule has 3 atom stereocenters. The number of aromatic hydroxyl groups is 1. The molecule has 2 saturated carbocycles. The van der Waals surface area contributed by atoms with E-state index >= 15 is 0 Å². The lowest BCUT2D eigenvalue weighted by Crippen LogP contribution is -2.68. The Kier molecular flexibility index (Phi) is 7.83. The number of piperidine rings is 1. The molecule has 2 aromatic rings. The number of likely N-dealkylation sites (tertiary alicyclic amines) is 1. The third-order valence-electron chi connectivity index (χ3n) is 9.11. The molecule has 3 unspecified atom stereocenters. The first-order chi connectivity index (χ1) is 18.7. The zero-order valence-electron chi connectivity index (χ0n) is 23.3. The highest BCUT2D eigenvalue weighted by Gasteiger charge is 2.59. The van der Waals surface area contributed by atoms with E-state index in [-0.39, 0.29) is 29.1 Å². The number of ether oxygens (including phenoxy) is 2. The van der Waals surface area contributed by atoms with Gasteiger partial charge in [0.25, 0.3) is 0 Å². The molecule has 1 N–H and O–H groups in total. The van der Waals surface area contributed by atoms with Gasteiger partial charge in [0.15, 0.2) is 0 Å². The molecule has 0 radical (unpaired) electrons. The van der Waals surface area contributed by atoms with Gasteiger partial charge in [-0.3, -0.25) is 9.59 Å². The lowest BCUT2D eigenvalue weighted by molar-refractivity contribution is -0.159. The van der Waals surface area contributed by atoms with Crippen molar-refractivity contribution < 1.29 is 24.2 Å². The smallest absolute Gasteiger partial charge is 0.308 e. The number of esters is 1. The normalized spacial score (nSPS) is 27.2. The summed E-state index contributed by atoms with van der Waals surface area (Å²) in [6.07, 6.45) is 9.32. The summed E-state index contributed by atoms with van der Waals surface area (Å²) in [7, 11) is 3.71. The second-order valence-corrected chi connectivity index (χ2v) is 11.6. The number of rotatable bonds is 8. The second kappa shape index (κ2) is 11.1. The largest absolute Gasteiger partial charge is 0.508 e. The van der Waals surface area contributed by atoms with Gasteiger partial charge >= 0.3 is 5.97 Å². The van der Waals surface area contributed by atoms with Gasteiger partial charge < -0.3 is 24.4 Å². The van der Waals surface area contributed by atoms with Gasteiger partial charge in [0.1, 0.15) is 11.5 Å². The fourth-order valence-corrected chi connectivity index (χ4v) is 6.83. The van der Waals surface area contributed by atoms with E-state index in [0.717, 1.165) is 62.4 Å². The van der Waals surface area contributed by atoms with Crippen molar-refractivity contribution in [3.63, 3.8) is 0 Å². The molecule has 208 valence electrons. The van der Waals surface area contributed by atoms with Gasteiger partial charge in [0, 0.05) is 51.7 Å². The molecule has 1 aliphatic heterocycles. The molecular weight excluding hydrogens is 492 g/mol. The van der Waals surface area contributed by atoms with E-state index in [1.807, 2.05) is 43.3 Å². The van der Waals surface area contributed by atoms with Crippen LogP contribution in [0, 0.1) is 5.92 Å². The van der Waals surface area contributed by atoms with E-state index in [1.165, 1.54) is 19.8 Å². The highest BCUT2D eigenvalue weighted by molar-refractivity contribution is 5.91. The van der Waals surface area contributed by atoms with Crippen molar-refractivity contribution >= 4 is 18.0 Å². The minimum absolute atomic E-state index is 0.0296. The van der Waals surface area contributed by atoms with Crippen molar-refractivity contribution in [3.05, 3.63) is 65.7 Å². The van der Waals surface area contributed by atoms with Crippen LogP contribution < -0.4 is 4.74 Å². The number of methoxy groups -OCH3 is 1. The number of phenols is 1. The molecule has 39 heavy (non-hydrogen) atoms. The van der Waals surface area contributed by atoms with Gasteiger partial charge in [0.2, 0.25) is 5.91 Å². The molecule has 1 saturated heterocycles. The van der Waals surface area contributed by atoms with Crippen LogP contribution in [0.3, 0.4) is 0 Å². The summed E-state index contributed by atoms with van der Waals surface area (Å²) in [6, 6.07) is 14.8. The monoisotopic (exact) mass is 532 g/mol. The Morgan fingerprint density at radius 3 is 2.64 bits per heavy atom. The molecule has 7 nitrogen and oxygen atoms in total. The Labute approximate surface area is 231 Å². The van der Waals surface area contributed by atoms with Crippen molar-refractivity contribution in [1.29, 1.82) is 0 Å². The van der Waals surface area contributed by atoms with E-state index in [0.29, 0.717) is 5.75 Å². The molecule has 1 heterocycles. The molecule has 2 aliphatic carbocycles. The van der Waals surface area contributed by atoms with Crippen LogP contribution in [0.1, 0.15) is 56.6 Å². The summed E-state index contributed by atoms with van der Waals surface area (Å²) in [4.78, 5) is 29.4. The Balaban J connectivity index is 1.44. The highest BCUT2D eigenvalue weighted by Crippen LogP contribution is 2.54. The Morgan fingerprint density at radius 2 is 1.92 bits per heavy atom. The van der Waals surface area contributed by atoms with E-state index in [9.17, 15) is 14.7 Å². The lowest BCUT2D eigenvalue weighted by atomic mass is 9.55. The number of hydrogen-bond acceptors (Lipinski definition) is 6. The van der Waals surface area contributed by atoms with E-state index in [1.54, 1.807) is 30.4 Å². The van der Waals surface area contributed by atoms with Crippen LogP contribution in [0.2, 0.25) is 0 Å². The fraction of sp³-hybridized carbons (Fsp3) is 0.500. The minimum Gasteiger partial charge on any atom is -0.508 e. The Hall–Kier alpha value is -3.16. The van der Waals surface area contributed by atoms with Crippen molar-refractivity contribution in [3.8, 4) is 11.5 Å². The maximum atomic E-state index is 13.3. The van der Waals surface area contributed by atoms with Gasteiger partial charge in [-0.25, -0.2) is 0 Å². The first kappa shape index (κ1) is 27.4. The van der Waals surface area contributed by atoms with Gasteiger partial charge in [-0.05, 0) is 92.5 Å². The van der Waals surface area contributed by atoms with E-state index in [4.69, 9.17) is 9.47 Å². The molecule has 3 aliphatic rings. The van der Waals surface area contributed by atoms with Crippen LogP contribution in [0.4, 0.5) is 0 Å². The highest BCUT2D eigenvalue weighted by atomic mass is 16.5. The minimum atomic E-state index is -0.396. The van der Waals surface area contributed by atoms with Gasteiger partial charge in [-0.2, -0.15) is 0 Å². The maximum absolute atomic E-state index is 13.3. The van der Waals surface area contributed by atoms with Crippen LogP contribution in [0.25, 0.3) is 6.08 Å². The van der Waals surface area contributed by atoms with Crippen LogP contribution >= 0.6 is 0 Å². The summed E-state index contributed by atoms with van der Waals surface area (Å²) in [5.74, 6) is 1.11. The summed E-state index contributed by atoms with van der Waals surface area (Å²) in [6.45, 7) is 4.37. The van der Waals surface area contributed by atoms with E-state index in [2.05, 4.69) is 11.0 Å². The molecule has 0 bridgehead atoms. The summed E-state index contributed by atoms with van der Waals surface area (Å²) < 4.78 is 12.0. The van der Waals surface area contributed by atoms with Crippen molar-refractivity contribution in [1.82, 2.24) is 9.80 Å². The number of hydrogen-bond donors (Lipinski definition) is 1.